The average Bonchev–Trinajstić information content (AvgIpc) is 3.11. The molecule has 0 saturated carbocycles. The minimum absolute atomic E-state index is 0.546. The number of hydrogen-bond acceptors (Lipinski definition) is 1. The predicted octanol–water partition coefficient (Wildman–Crippen LogP) is 4.80. The summed E-state index contributed by atoms with van der Waals surface area (Å²) < 4.78 is 0. The summed E-state index contributed by atoms with van der Waals surface area (Å²) >= 11 is 6.76. The molecule has 4 atom stereocenters. The maximum atomic E-state index is 6.76. The monoisotopic (exact) mass is 297 g/mol. The molecule has 2 heteroatoms. The molecule has 1 aromatic carbocycles. The lowest BCUT2D eigenvalue weighted by atomic mass is 9.74. The molecular formula is C19H20ClN. The third-order valence-electron chi connectivity index (χ3n) is 5.98. The van der Waals surface area contributed by atoms with Crippen LogP contribution in [0.4, 0.5) is 5.69 Å². The van der Waals surface area contributed by atoms with Crippen molar-refractivity contribution in [1.29, 1.82) is 0 Å². The molecule has 5 rings (SSSR count). The Labute approximate surface area is 131 Å². The van der Waals surface area contributed by atoms with Gasteiger partial charge in [0.05, 0.1) is 0 Å². The Morgan fingerprint density at radius 2 is 1.71 bits per heavy atom. The van der Waals surface area contributed by atoms with Gasteiger partial charge in [0.25, 0.3) is 0 Å². The first-order chi connectivity index (χ1) is 10.2. The molecule has 0 radical (unpaired) electrons. The van der Waals surface area contributed by atoms with Crippen molar-refractivity contribution in [3.63, 3.8) is 0 Å². The van der Waals surface area contributed by atoms with Gasteiger partial charge in [-0.15, -0.1) is 0 Å². The Balaban J connectivity index is 1.80. The zero-order valence-corrected chi connectivity index (χ0v) is 13.1. The number of fused-ring (bicyclic) bond motifs is 4. The topological polar surface area (TPSA) is 3.24 Å². The van der Waals surface area contributed by atoms with Crippen LogP contribution >= 0.6 is 11.6 Å². The molecule has 2 heterocycles. The van der Waals surface area contributed by atoms with Crippen molar-refractivity contribution in [2.24, 2.45) is 11.8 Å². The van der Waals surface area contributed by atoms with Crippen LogP contribution < -0.4 is 4.90 Å². The third-order valence-corrected chi connectivity index (χ3v) is 6.48. The molecule has 1 aromatic rings. The highest BCUT2D eigenvalue weighted by molar-refractivity contribution is 6.32. The molecule has 0 bridgehead atoms. The van der Waals surface area contributed by atoms with Crippen LogP contribution in [0, 0.1) is 18.8 Å². The first-order valence-corrected chi connectivity index (χ1v) is 8.53. The van der Waals surface area contributed by atoms with Gasteiger partial charge >= 0.3 is 0 Å². The molecule has 1 nitrogen and oxygen atoms in total. The van der Waals surface area contributed by atoms with Crippen LogP contribution in [0.25, 0.3) is 0 Å². The summed E-state index contributed by atoms with van der Waals surface area (Å²) in [6.45, 7) is 4.59. The van der Waals surface area contributed by atoms with Crippen LogP contribution in [0.15, 0.2) is 30.4 Å². The summed E-state index contributed by atoms with van der Waals surface area (Å²) in [5.41, 5.74) is 5.70. The number of allylic oxidation sites excluding steroid dienone is 4. The van der Waals surface area contributed by atoms with Gasteiger partial charge in [0.2, 0.25) is 0 Å². The van der Waals surface area contributed by atoms with E-state index in [1.165, 1.54) is 48.3 Å². The Morgan fingerprint density at radius 1 is 1.05 bits per heavy atom. The second-order valence-electron chi connectivity index (χ2n) is 7.16. The molecule has 0 unspecified atom stereocenters. The lowest BCUT2D eigenvalue weighted by molar-refractivity contribution is 0.410. The fraction of sp³-hybridized carbons (Fsp3) is 0.474. The van der Waals surface area contributed by atoms with Crippen LogP contribution in [-0.4, -0.2) is 13.1 Å². The van der Waals surface area contributed by atoms with E-state index in [-0.39, 0.29) is 0 Å². The Bertz CT molecular complexity index is 685. The van der Waals surface area contributed by atoms with Crippen LogP contribution in [0.3, 0.4) is 0 Å². The highest BCUT2D eigenvalue weighted by Gasteiger charge is 2.43. The maximum absolute atomic E-state index is 6.76. The maximum Gasteiger partial charge on any atom is 0.0494 e. The van der Waals surface area contributed by atoms with Gasteiger partial charge < -0.3 is 4.90 Å². The van der Waals surface area contributed by atoms with E-state index < -0.39 is 0 Å². The van der Waals surface area contributed by atoms with E-state index in [4.69, 9.17) is 11.6 Å². The van der Waals surface area contributed by atoms with Crippen molar-refractivity contribution < 1.29 is 0 Å². The molecule has 108 valence electrons. The number of nitrogens with zero attached hydrogens (tertiary/aromatic N) is 1. The van der Waals surface area contributed by atoms with Crippen LogP contribution in [0.2, 0.25) is 5.02 Å². The minimum atomic E-state index is 0.546. The first kappa shape index (κ1) is 12.3. The number of rotatable bonds is 0. The van der Waals surface area contributed by atoms with E-state index in [0.717, 1.165) is 16.9 Å². The van der Waals surface area contributed by atoms with Crippen molar-refractivity contribution in [2.75, 3.05) is 18.0 Å². The Hall–Kier alpha value is -1.21. The Morgan fingerprint density at radius 3 is 2.48 bits per heavy atom. The largest absolute Gasteiger partial charge is 0.370 e. The van der Waals surface area contributed by atoms with E-state index in [2.05, 4.69) is 42.2 Å². The summed E-state index contributed by atoms with van der Waals surface area (Å²) in [5.74, 6) is 2.67. The summed E-state index contributed by atoms with van der Waals surface area (Å²) in [6.07, 6.45) is 12.0. The van der Waals surface area contributed by atoms with Crippen molar-refractivity contribution in [3.05, 3.63) is 52.1 Å². The second kappa shape index (κ2) is 4.16. The lowest BCUT2D eigenvalue weighted by Crippen LogP contribution is -2.43. The van der Waals surface area contributed by atoms with Gasteiger partial charge in [-0.2, -0.15) is 0 Å². The first-order valence-electron chi connectivity index (χ1n) is 8.15. The summed E-state index contributed by atoms with van der Waals surface area (Å²) in [6, 6.07) is 2.36. The summed E-state index contributed by atoms with van der Waals surface area (Å²) in [4.78, 5) is 2.65. The molecule has 0 amide bonds. The molecule has 0 aromatic heterocycles. The smallest absolute Gasteiger partial charge is 0.0494 e. The van der Waals surface area contributed by atoms with E-state index in [1.54, 1.807) is 0 Å². The Kier molecular flexibility index (Phi) is 2.45. The SMILES string of the molecule is Cc1cc2c3c(c1Cl)[C@@H]1C=CC[C@@H]1CN3C[C@@H]1CC=C[C@H]21. The van der Waals surface area contributed by atoms with E-state index in [9.17, 15) is 0 Å². The van der Waals surface area contributed by atoms with Gasteiger partial charge in [0, 0.05) is 41.2 Å². The molecule has 2 aliphatic carbocycles. The van der Waals surface area contributed by atoms with E-state index >= 15 is 0 Å². The molecule has 4 aliphatic rings. The molecule has 0 saturated heterocycles. The number of halogens is 1. The molecule has 0 fully saturated rings. The van der Waals surface area contributed by atoms with Gasteiger partial charge in [-0.25, -0.2) is 0 Å². The van der Waals surface area contributed by atoms with Gasteiger partial charge in [-0.3, -0.25) is 0 Å². The zero-order valence-electron chi connectivity index (χ0n) is 12.3. The number of benzene rings is 1. The van der Waals surface area contributed by atoms with Crippen LogP contribution in [0.1, 0.15) is 41.4 Å². The molecular weight excluding hydrogens is 278 g/mol. The molecule has 21 heavy (non-hydrogen) atoms. The van der Waals surface area contributed by atoms with Gasteiger partial charge in [0.1, 0.15) is 0 Å². The number of anilines is 1. The van der Waals surface area contributed by atoms with Crippen molar-refractivity contribution in [3.8, 4) is 0 Å². The van der Waals surface area contributed by atoms with Crippen LogP contribution in [0.5, 0.6) is 0 Å². The quantitative estimate of drug-likeness (QED) is 0.622. The standard InChI is InChI=1S/C19H20ClN/c1-11-8-16-14-6-2-4-12(14)9-21-10-13-5-3-7-15(13)17(18(11)20)19(16)21/h2-3,6-8,12-15H,4-5,9-10H2,1H3/t12-,13+,14-,15+/m0/s1. The zero-order chi connectivity index (χ0) is 14.1. The predicted molar refractivity (Wildman–Crippen MR) is 88.4 cm³/mol. The summed E-state index contributed by atoms with van der Waals surface area (Å²) in [7, 11) is 0. The van der Waals surface area contributed by atoms with Crippen molar-refractivity contribution in [1.82, 2.24) is 0 Å². The molecule has 2 aliphatic heterocycles. The second-order valence-corrected chi connectivity index (χ2v) is 7.54. The molecule has 0 N–H and O–H groups in total. The average molecular weight is 298 g/mol. The van der Waals surface area contributed by atoms with Gasteiger partial charge in [0.15, 0.2) is 0 Å². The van der Waals surface area contributed by atoms with E-state index in [0.29, 0.717) is 11.8 Å². The summed E-state index contributed by atoms with van der Waals surface area (Å²) in [5, 5.41) is 1.01. The number of aryl methyl sites for hydroxylation is 1. The van der Waals surface area contributed by atoms with Gasteiger partial charge in [-0.1, -0.05) is 42.0 Å². The normalized spacial score (nSPS) is 34.9. The fourth-order valence-corrected chi connectivity index (χ4v) is 5.31. The number of hydrogen-bond donors (Lipinski definition) is 0. The highest BCUT2D eigenvalue weighted by atomic mass is 35.5. The lowest BCUT2D eigenvalue weighted by Gasteiger charge is -2.46. The minimum Gasteiger partial charge on any atom is -0.370 e. The van der Waals surface area contributed by atoms with Crippen molar-refractivity contribution in [2.45, 2.75) is 31.6 Å². The fourth-order valence-electron chi connectivity index (χ4n) is 5.04. The highest BCUT2D eigenvalue weighted by Crippen LogP contribution is 2.55. The van der Waals surface area contributed by atoms with E-state index in [1.807, 2.05) is 0 Å². The van der Waals surface area contributed by atoms with Gasteiger partial charge in [-0.05, 0) is 42.7 Å². The van der Waals surface area contributed by atoms with Crippen LogP contribution in [-0.2, 0) is 0 Å². The molecule has 0 spiro atoms. The third kappa shape index (κ3) is 1.53. The van der Waals surface area contributed by atoms with Crippen molar-refractivity contribution >= 4 is 17.3 Å².